The number of rotatable bonds is 10. The van der Waals surface area contributed by atoms with Crippen LogP contribution in [0.15, 0.2) is 54.6 Å². The first-order chi connectivity index (χ1) is 14.9. The molecule has 1 aromatic heterocycles. The Morgan fingerprint density at radius 1 is 1.13 bits per heavy atom. The van der Waals surface area contributed by atoms with E-state index in [1.807, 2.05) is 37.3 Å². The SMILES string of the molecule is CCCC(O)CN(Cc1c(C)nn(-c2ccccc2)c1Oc1cccc(F)c1)C(C)C. The maximum Gasteiger partial charge on any atom is 0.227 e. The number of ether oxygens (including phenoxy) is 1. The quantitative estimate of drug-likeness (QED) is 0.467. The standard InChI is InChI=1S/C25H32FN3O2/c1-5-10-22(30)16-28(18(2)3)17-24-19(4)27-29(21-12-7-6-8-13-21)25(24)31-23-14-9-11-20(26)15-23/h6-9,11-15,18,22,30H,5,10,16-17H2,1-4H3. The Balaban J connectivity index is 2.01. The van der Waals surface area contributed by atoms with E-state index in [9.17, 15) is 9.50 Å². The Morgan fingerprint density at radius 2 is 1.87 bits per heavy atom. The molecule has 1 unspecified atom stereocenters. The van der Waals surface area contributed by atoms with Gasteiger partial charge in [-0.05, 0) is 51.5 Å². The maximum atomic E-state index is 13.8. The maximum absolute atomic E-state index is 13.8. The molecule has 3 aromatic rings. The molecule has 1 atom stereocenters. The summed E-state index contributed by atoms with van der Waals surface area (Å²) in [5.41, 5.74) is 2.63. The lowest BCUT2D eigenvalue weighted by Gasteiger charge is -2.29. The number of para-hydroxylation sites is 1. The van der Waals surface area contributed by atoms with Gasteiger partial charge >= 0.3 is 0 Å². The molecule has 3 rings (SSSR count). The molecule has 1 heterocycles. The molecule has 0 radical (unpaired) electrons. The normalized spacial score (nSPS) is 12.5. The molecule has 0 aliphatic heterocycles. The van der Waals surface area contributed by atoms with Crippen LogP contribution in [-0.4, -0.2) is 38.5 Å². The number of halogens is 1. The fraction of sp³-hybridized carbons (Fsp3) is 0.400. The van der Waals surface area contributed by atoms with Crippen molar-refractivity contribution in [1.82, 2.24) is 14.7 Å². The van der Waals surface area contributed by atoms with Crippen LogP contribution in [0.5, 0.6) is 11.6 Å². The first kappa shape index (κ1) is 23.0. The van der Waals surface area contributed by atoms with Crippen LogP contribution in [0, 0.1) is 12.7 Å². The molecular formula is C25H32FN3O2. The summed E-state index contributed by atoms with van der Waals surface area (Å²) in [7, 11) is 0. The first-order valence-electron chi connectivity index (χ1n) is 10.9. The highest BCUT2D eigenvalue weighted by Crippen LogP contribution is 2.32. The number of benzene rings is 2. The lowest BCUT2D eigenvalue weighted by Crippen LogP contribution is -2.37. The molecule has 0 spiro atoms. The van der Waals surface area contributed by atoms with Gasteiger partial charge in [-0.15, -0.1) is 0 Å². The lowest BCUT2D eigenvalue weighted by molar-refractivity contribution is 0.0837. The summed E-state index contributed by atoms with van der Waals surface area (Å²) >= 11 is 0. The highest BCUT2D eigenvalue weighted by Gasteiger charge is 2.23. The Morgan fingerprint density at radius 3 is 2.52 bits per heavy atom. The van der Waals surface area contributed by atoms with E-state index in [1.165, 1.54) is 12.1 Å². The number of aryl methyl sites for hydroxylation is 1. The molecule has 31 heavy (non-hydrogen) atoms. The van der Waals surface area contributed by atoms with Crippen molar-refractivity contribution in [2.24, 2.45) is 0 Å². The summed E-state index contributed by atoms with van der Waals surface area (Å²) < 4.78 is 21.8. The zero-order chi connectivity index (χ0) is 22.4. The van der Waals surface area contributed by atoms with E-state index in [-0.39, 0.29) is 18.0 Å². The molecule has 0 saturated heterocycles. The van der Waals surface area contributed by atoms with Gasteiger partial charge in [0, 0.05) is 25.2 Å². The molecule has 166 valence electrons. The van der Waals surface area contributed by atoms with Crippen LogP contribution in [0.25, 0.3) is 5.69 Å². The predicted molar refractivity (Wildman–Crippen MR) is 121 cm³/mol. The number of aromatic nitrogens is 2. The fourth-order valence-electron chi connectivity index (χ4n) is 3.57. The molecule has 1 N–H and O–H groups in total. The summed E-state index contributed by atoms with van der Waals surface area (Å²) in [6.07, 6.45) is 1.31. The minimum atomic E-state index is -0.385. The van der Waals surface area contributed by atoms with E-state index in [2.05, 4.69) is 25.7 Å². The molecule has 6 heteroatoms. The van der Waals surface area contributed by atoms with Crippen molar-refractivity contribution >= 4 is 0 Å². The molecule has 5 nitrogen and oxygen atoms in total. The predicted octanol–water partition coefficient (Wildman–Crippen LogP) is 5.48. The summed E-state index contributed by atoms with van der Waals surface area (Å²) in [4.78, 5) is 2.22. The summed E-state index contributed by atoms with van der Waals surface area (Å²) in [5, 5.41) is 15.1. The topological polar surface area (TPSA) is 50.5 Å². The number of nitrogens with zero attached hydrogens (tertiary/aromatic N) is 3. The zero-order valence-corrected chi connectivity index (χ0v) is 18.8. The average molecular weight is 426 g/mol. The number of hydrogen-bond acceptors (Lipinski definition) is 4. The minimum Gasteiger partial charge on any atom is -0.438 e. The van der Waals surface area contributed by atoms with Crippen LogP contribution < -0.4 is 4.74 Å². The van der Waals surface area contributed by atoms with Gasteiger partial charge in [0.2, 0.25) is 5.88 Å². The Kier molecular flexibility index (Phi) is 7.82. The largest absolute Gasteiger partial charge is 0.438 e. The van der Waals surface area contributed by atoms with Crippen LogP contribution in [-0.2, 0) is 6.54 Å². The fourth-order valence-corrected chi connectivity index (χ4v) is 3.57. The van der Waals surface area contributed by atoms with Gasteiger partial charge in [0.15, 0.2) is 0 Å². The van der Waals surface area contributed by atoms with Gasteiger partial charge in [-0.3, -0.25) is 4.90 Å². The summed E-state index contributed by atoms with van der Waals surface area (Å²) in [5.74, 6) is 0.624. The van der Waals surface area contributed by atoms with Gasteiger partial charge in [-0.1, -0.05) is 37.6 Å². The van der Waals surface area contributed by atoms with Crippen LogP contribution in [0.1, 0.15) is 44.9 Å². The monoisotopic (exact) mass is 425 g/mol. The van der Waals surface area contributed by atoms with Gasteiger partial charge in [-0.2, -0.15) is 5.10 Å². The van der Waals surface area contributed by atoms with E-state index in [1.54, 1.807) is 16.8 Å². The molecule has 0 fully saturated rings. The lowest BCUT2D eigenvalue weighted by atomic mass is 10.1. The first-order valence-corrected chi connectivity index (χ1v) is 10.9. The van der Waals surface area contributed by atoms with Crippen LogP contribution >= 0.6 is 0 Å². The third-order valence-electron chi connectivity index (χ3n) is 5.31. The van der Waals surface area contributed by atoms with E-state index < -0.39 is 0 Å². The van der Waals surface area contributed by atoms with Gasteiger partial charge in [0.05, 0.1) is 23.0 Å². The molecule has 0 saturated carbocycles. The number of aliphatic hydroxyl groups excluding tert-OH is 1. The molecule has 2 aromatic carbocycles. The second-order valence-electron chi connectivity index (χ2n) is 8.14. The molecular weight excluding hydrogens is 393 g/mol. The van der Waals surface area contributed by atoms with Crippen molar-refractivity contribution in [3.63, 3.8) is 0 Å². The second kappa shape index (κ2) is 10.6. The molecule has 0 amide bonds. The van der Waals surface area contributed by atoms with Crippen molar-refractivity contribution in [3.05, 3.63) is 71.7 Å². The Labute approximate surface area is 184 Å². The van der Waals surface area contributed by atoms with Gasteiger partial charge in [0.25, 0.3) is 0 Å². The Bertz CT molecular complexity index is 972. The van der Waals surface area contributed by atoms with Crippen LogP contribution in [0.2, 0.25) is 0 Å². The summed E-state index contributed by atoms with van der Waals surface area (Å²) in [6, 6.07) is 16.1. The van der Waals surface area contributed by atoms with Crippen molar-refractivity contribution in [2.45, 2.75) is 59.2 Å². The third-order valence-corrected chi connectivity index (χ3v) is 5.31. The zero-order valence-electron chi connectivity index (χ0n) is 18.8. The molecule has 0 bridgehead atoms. The van der Waals surface area contributed by atoms with Crippen molar-refractivity contribution in [3.8, 4) is 17.3 Å². The Hall–Kier alpha value is -2.70. The summed E-state index contributed by atoms with van der Waals surface area (Å²) in [6.45, 7) is 9.39. The second-order valence-corrected chi connectivity index (χ2v) is 8.14. The van der Waals surface area contributed by atoms with E-state index >= 15 is 0 Å². The van der Waals surface area contributed by atoms with E-state index in [0.717, 1.165) is 29.8 Å². The smallest absolute Gasteiger partial charge is 0.227 e. The third kappa shape index (κ3) is 5.93. The molecule has 0 aliphatic rings. The number of hydrogen-bond donors (Lipinski definition) is 1. The van der Waals surface area contributed by atoms with Gasteiger partial charge in [-0.25, -0.2) is 9.07 Å². The van der Waals surface area contributed by atoms with Gasteiger partial charge in [0.1, 0.15) is 11.6 Å². The van der Waals surface area contributed by atoms with Crippen LogP contribution in [0.4, 0.5) is 4.39 Å². The van der Waals surface area contributed by atoms with E-state index in [4.69, 9.17) is 9.84 Å². The molecule has 0 aliphatic carbocycles. The minimum absolute atomic E-state index is 0.230. The van der Waals surface area contributed by atoms with Crippen LogP contribution in [0.3, 0.4) is 0 Å². The van der Waals surface area contributed by atoms with Crippen molar-refractivity contribution in [1.29, 1.82) is 0 Å². The average Bonchev–Trinajstić information content (AvgIpc) is 3.03. The van der Waals surface area contributed by atoms with Crippen molar-refractivity contribution in [2.75, 3.05) is 6.54 Å². The number of aliphatic hydroxyl groups is 1. The van der Waals surface area contributed by atoms with Crippen molar-refractivity contribution < 1.29 is 14.2 Å². The highest BCUT2D eigenvalue weighted by molar-refractivity contribution is 5.43. The van der Waals surface area contributed by atoms with Gasteiger partial charge < -0.3 is 9.84 Å². The van der Waals surface area contributed by atoms with E-state index in [0.29, 0.717) is 24.7 Å². The highest BCUT2D eigenvalue weighted by atomic mass is 19.1.